The Morgan fingerprint density at radius 2 is 1.85 bits per heavy atom. The van der Waals surface area contributed by atoms with Gasteiger partial charge in [-0.05, 0) is 11.6 Å². The predicted molar refractivity (Wildman–Crippen MR) is 82.5 cm³/mol. The predicted octanol–water partition coefficient (Wildman–Crippen LogP) is 3.40. The van der Waals surface area contributed by atoms with Crippen LogP contribution in [0.4, 0.5) is 22.0 Å². The lowest BCUT2D eigenvalue weighted by Gasteiger charge is -2.07. The Morgan fingerprint density at radius 1 is 1.07 bits per heavy atom. The van der Waals surface area contributed by atoms with Crippen molar-refractivity contribution < 1.29 is 22.0 Å². The van der Waals surface area contributed by atoms with E-state index in [-0.39, 0.29) is 34.8 Å². The van der Waals surface area contributed by atoms with Gasteiger partial charge in [0.25, 0.3) is 0 Å². The van der Waals surface area contributed by atoms with E-state index in [2.05, 4.69) is 20.1 Å². The topological polar surface area (TPSA) is 71.8 Å². The zero-order valence-corrected chi connectivity index (χ0v) is 13.3. The van der Waals surface area contributed by atoms with Gasteiger partial charge in [0.05, 0.1) is 11.9 Å². The number of rotatable bonds is 3. The van der Waals surface area contributed by atoms with Crippen LogP contribution >= 0.6 is 0 Å². The molecular weight excluding hydrogens is 371 g/mol. The van der Waals surface area contributed by atoms with Crippen molar-refractivity contribution in [1.82, 2.24) is 29.5 Å². The summed E-state index contributed by atoms with van der Waals surface area (Å²) >= 11 is 0. The number of nitrogens with zero attached hydrogens (tertiary/aromatic N) is 5. The number of halogens is 5. The highest BCUT2D eigenvalue weighted by molar-refractivity contribution is 5.55. The van der Waals surface area contributed by atoms with Gasteiger partial charge in [-0.3, -0.25) is 9.50 Å². The van der Waals surface area contributed by atoms with Crippen LogP contribution in [0.25, 0.3) is 17.2 Å². The number of H-pyrrole nitrogens is 1. The van der Waals surface area contributed by atoms with Crippen molar-refractivity contribution in [2.24, 2.45) is 0 Å². The van der Waals surface area contributed by atoms with Crippen LogP contribution in [0.3, 0.4) is 0 Å². The van der Waals surface area contributed by atoms with Crippen LogP contribution in [0, 0.1) is 11.8 Å². The first-order valence-corrected chi connectivity index (χ1v) is 7.59. The standard InChI is InChI=1S/C16H9F5N6/c17-9-4-2-1-3-8(9)5-10-14-22-6-12(18)27(14)7-11(23-10)13-24-15(26-25-13)16(19,20)21/h1-4,6-7H,5H2,(H,24,25,26). The minimum atomic E-state index is -4.72. The van der Waals surface area contributed by atoms with Crippen molar-refractivity contribution in [3.05, 3.63) is 65.5 Å². The Labute approximate surface area is 147 Å². The summed E-state index contributed by atoms with van der Waals surface area (Å²) in [6, 6.07) is 5.91. The van der Waals surface area contributed by atoms with Crippen LogP contribution in [-0.4, -0.2) is 29.5 Å². The molecule has 138 valence electrons. The summed E-state index contributed by atoms with van der Waals surface area (Å²) in [5.41, 5.74) is 0.446. The van der Waals surface area contributed by atoms with Crippen molar-refractivity contribution in [1.29, 1.82) is 0 Å². The molecule has 0 aliphatic rings. The lowest BCUT2D eigenvalue weighted by molar-refractivity contribution is -0.144. The van der Waals surface area contributed by atoms with Gasteiger partial charge in [-0.1, -0.05) is 18.2 Å². The second-order valence-corrected chi connectivity index (χ2v) is 5.62. The number of fused-ring (bicyclic) bond motifs is 1. The van der Waals surface area contributed by atoms with Crippen molar-refractivity contribution in [3.8, 4) is 11.5 Å². The van der Waals surface area contributed by atoms with Crippen molar-refractivity contribution in [3.63, 3.8) is 0 Å². The molecule has 0 aliphatic heterocycles. The normalized spacial score (nSPS) is 12.0. The molecule has 27 heavy (non-hydrogen) atoms. The van der Waals surface area contributed by atoms with E-state index < -0.39 is 23.8 Å². The Balaban J connectivity index is 1.84. The van der Waals surface area contributed by atoms with Gasteiger partial charge in [-0.2, -0.15) is 22.7 Å². The van der Waals surface area contributed by atoms with Gasteiger partial charge in [0, 0.05) is 12.6 Å². The van der Waals surface area contributed by atoms with Crippen LogP contribution < -0.4 is 0 Å². The molecule has 0 amide bonds. The zero-order valence-electron chi connectivity index (χ0n) is 13.3. The smallest absolute Gasteiger partial charge is 0.273 e. The second kappa shape index (κ2) is 6.11. The van der Waals surface area contributed by atoms with E-state index in [9.17, 15) is 22.0 Å². The molecule has 0 aliphatic carbocycles. The van der Waals surface area contributed by atoms with Gasteiger partial charge in [0.2, 0.25) is 17.6 Å². The Hall–Kier alpha value is -3.37. The monoisotopic (exact) mass is 380 g/mol. The number of aromatic nitrogens is 6. The Morgan fingerprint density at radius 3 is 2.56 bits per heavy atom. The number of aromatic amines is 1. The fourth-order valence-corrected chi connectivity index (χ4v) is 2.57. The van der Waals surface area contributed by atoms with E-state index in [0.717, 1.165) is 16.8 Å². The lowest BCUT2D eigenvalue weighted by atomic mass is 10.1. The summed E-state index contributed by atoms with van der Waals surface area (Å²) in [5, 5.41) is 5.26. The fourth-order valence-electron chi connectivity index (χ4n) is 2.57. The maximum atomic E-state index is 14.0. The van der Waals surface area contributed by atoms with E-state index in [1.165, 1.54) is 18.2 Å². The lowest BCUT2D eigenvalue weighted by Crippen LogP contribution is -2.07. The van der Waals surface area contributed by atoms with E-state index in [0.29, 0.717) is 0 Å². The molecule has 1 N–H and O–H groups in total. The minimum absolute atomic E-state index is 0.0446. The van der Waals surface area contributed by atoms with E-state index in [1.807, 2.05) is 0 Å². The molecule has 4 rings (SSSR count). The van der Waals surface area contributed by atoms with Crippen LogP contribution in [0.1, 0.15) is 17.1 Å². The number of alkyl halides is 3. The first-order chi connectivity index (χ1) is 12.8. The molecule has 6 nitrogen and oxygen atoms in total. The highest BCUT2D eigenvalue weighted by Crippen LogP contribution is 2.28. The van der Waals surface area contributed by atoms with Gasteiger partial charge in [0.15, 0.2) is 5.65 Å². The van der Waals surface area contributed by atoms with Crippen LogP contribution in [-0.2, 0) is 12.6 Å². The molecule has 0 unspecified atom stereocenters. The van der Waals surface area contributed by atoms with Gasteiger partial charge >= 0.3 is 6.18 Å². The van der Waals surface area contributed by atoms with E-state index in [4.69, 9.17) is 0 Å². The minimum Gasteiger partial charge on any atom is -0.273 e. The molecule has 0 atom stereocenters. The molecule has 0 radical (unpaired) electrons. The highest BCUT2D eigenvalue weighted by Gasteiger charge is 2.35. The van der Waals surface area contributed by atoms with Gasteiger partial charge in [-0.15, -0.1) is 0 Å². The number of benzene rings is 1. The third-order valence-corrected chi connectivity index (χ3v) is 3.82. The number of imidazole rings is 1. The first-order valence-electron chi connectivity index (χ1n) is 7.59. The average molecular weight is 380 g/mol. The molecule has 3 heterocycles. The number of hydrogen-bond donors (Lipinski definition) is 1. The van der Waals surface area contributed by atoms with Crippen LogP contribution in [0.5, 0.6) is 0 Å². The summed E-state index contributed by atoms with van der Waals surface area (Å²) in [6.07, 6.45) is -2.70. The quantitative estimate of drug-likeness (QED) is 0.553. The maximum Gasteiger partial charge on any atom is 0.451 e. The van der Waals surface area contributed by atoms with Gasteiger partial charge < -0.3 is 0 Å². The van der Waals surface area contributed by atoms with Gasteiger partial charge in [0.1, 0.15) is 11.5 Å². The molecule has 11 heteroatoms. The Bertz CT molecular complexity index is 1130. The number of nitrogens with one attached hydrogen (secondary N) is 1. The molecule has 0 saturated carbocycles. The summed E-state index contributed by atoms with van der Waals surface area (Å²) in [5.74, 6) is -2.92. The van der Waals surface area contributed by atoms with Crippen molar-refractivity contribution in [2.75, 3.05) is 0 Å². The molecule has 1 aromatic carbocycles. The largest absolute Gasteiger partial charge is 0.451 e. The van der Waals surface area contributed by atoms with E-state index >= 15 is 0 Å². The molecule has 0 spiro atoms. The average Bonchev–Trinajstić information content (AvgIpc) is 3.24. The molecule has 0 bridgehead atoms. The van der Waals surface area contributed by atoms with Crippen molar-refractivity contribution >= 4 is 5.65 Å². The van der Waals surface area contributed by atoms with E-state index in [1.54, 1.807) is 11.2 Å². The Kier molecular flexibility index (Phi) is 3.86. The molecule has 0 saturated heterocycles. The first kappa shape index (κ1) is 17.1. The van der Waals surface area contributed by atoms with Crippen molar-refractivity contribution in [2.45, 2.75) is 12.6 Å². The third-order valence-electron chi connectivity index (χ3n) is 3.82. The summed E-state index contributed by atoms with van der Waals surface area (Å²) in [4.78, 5) is 11.4. The summed E-state index contributed by atoms with van der Waals surface area (Å²) in [7, 11) is 0. The number of hydrogen-bond acceptors (Lipinski definition) is 4. The van der Waals surface area contributed by atoms with Crippen LogP contribution in [0.2, 0.25) is 0 Å². The third kappa shape index (κ3) is 3.11. The van der Waals surface area contributed by atoms with Crippen LogP contribution in [0.15, 0.2) is 36.7 Å². The molecular formula is C16H9F5N6. The maximum absolute atomic E-state index is 14.0. The second-order valence-electron chi connectivity index (χ2n) is 5.62. The molecule has 3 aromatic heterocycles. The SMILES string of the molecule is Fc1ccccc1Cc1nc(-c2n[nH]c(C(F)(F)F)n2)cn2c(F)cnc12. The molecule has 0 fully saturated rings. The summed E-state index contributed by atoms with van der Waals surface area (Å²) in [6.45, 7) is 0. The zero-order chi connectivity index (χ0) is 19.2. The highest BCUT2D eigenvalue weighted by atomic mass is 19.4. The van der Waals surface area contributed by atoms with Gasteiger partial charge in [-0.25, -0.2) is 19.3 Å². The fraction of sp³-hybridized carbons (Fsp3) is 0.125. The molecule has 4 aromatic rings. The summed E-state index contributed by atoms with van der Waals surface area (Å²) < 4.78 is 67.1.